The van der Waals surface area contributed by atoms with Crippen molar-refractivity contribution in [2.75, 3.05) is 23.9 Å². The lowest BCUT2D eigenvalue weighted by Crippen LogP contribution is -2.14. The van der Waals surface area contributed by atoms with E-state index in [1.807, 2.05) is 6.07 Å². The van der Waals surface area contributed by atoms with Crippen LogP contribution in [0.15, 0.2) is 23.1 Å². The van der Waals surface area contributed by atoms with Gasteiger partial charge in [0.05, 0.1) is 16.3 Å². The van der Waals surface area contributed by atoms with Crippen molar-refractivity contribution in [3.05, 3.63) is 18.2 Å². The number of hydrogen-bond acceptors (Lipinski definition) is 4. The zero-order valence-electron chi connectivity index (χ0n) is 10.8. The fraction of sp³-hybridized carbons (Fsp3) is 0.538. The minimum atomic E-state index is -3.26. The second-order valence-corrected chi connectivity index (χ2v) is 7.17. The lowest BCUT2D eigenvalue weighted by Gasteiger charge is -2.15. The smallest absolute Gasteiger partial charge is 0.177 e. The molecule has 0 spiro atoms. The third-order valence-corrected chi connectivity index (χ3v) is 4.66. The van der Waals surface area contributed by atoms with Gasteiger partial charge in [-0.3, -0.25) is 0 Å². The topological polar surface area (TPSA) is 72.2 Å². The predicted octanol–water partition coefficient (Wildman–Crippen LogP) is 2.13. The summed E-state index contributed by atoms with van der Waals surface area (Å²) in [6, 6.07) is 5.08. The molecule has 0 aliphatic heterocycles. The largest absolute Gasteiger partial charge is 0.396 e. The number of hydrogen-bond donors (Lipinski definition) is 2. The van der Waals surface area contributed by atoms with E-state index in [2.05, 4.69) is 12.2 Å². The normalized spacial score (nSPS) is 17.4. The van der Waals surface area contributed by atoms with Crippen molar-refractivity contribution in [2.24, 2.45) is 11.8 Å². The van der Waals surface area contributed by atoms with E-state index in [1.165, 1.54) is 19.1 Å². The first kappa shape index (κ1) is 13.2. The highest BCUT2D eigenvalue weighted by molar-refractivity contribution is 7.90. The Labute approximate surface area is 108 Å². The van der Waals surface area contributed by atoms with E-state index in [0.717, 1.165) is 12.5 Å². The van der Waals surface area contributed by atoms with Crippen LogP contribution in [0.5, 0.6) is 0 Å². The van der Waals surface area contributed by atoms with Crippen LogP contribution in [0.25, 0.3) is 0 Å². The number of sulfone groups is 1. The first-order chi connectivity index (χ1) is 8.39. The molecular formula is C13H20N2O2S. The van der Waals surface area contributed by atoms with Gasteiger partial charge in [-0.15, -0.1) is 0 Å². The highest BCUT2D eigenvalue weighted by Crippen LogP contribution is 2.37. The lowest BCUT2D eigenvalue weighted by atomic mass is 10.1. The van der Waals surface area contributed by atoms with Gasteiger partial charge in [0.2, 0.25) is 0 Å². The summed E-state index contributed by atoms with van der Waals surface area (Å²) in [5.41, 5.74) is 6.94. The van der Waals surface area contributed by atoms with Crippen LogP contribution in [0.1, 0.15) is 19.8 Å². The van der Waals surface area contributed by atoms with Crippen LogP contribution in [0.3, 0.4) is 0 Å². The van der Waals surface area contributed by atoms with Gasteiger partial charge >= 0.3 is 0 Å². The first-order valence-corrected chi connectivity index (χ1v) is 8.11. The van der Waals surface area contributed by atoms with Crippen molar-refractivity contribution in [2.45, 2.75) is 24.7 Å². The van der Waals surface area contributed by atoms with E-state index >= 15 is 0 Å². The summed E-state index contributed by atoms with van der Waals surface area (Å²) in [4.78, 5) is 0.201. The zero-order valence-corrected chi connectivity index (χ0v) is 11.6. The monoisotopic (exact) mass is 268 g/mol. The Morgan fingerprint density at radius 1 is 1.44 bits per heavy atom. The van der Waals surface area contributed by atoms with Crippen molar-refractivity contribution in [1.82, 2.24) is 0 Å². The molecule has 2 rings (SSSR count). The molecule has 0 saturated heterocycles. The first-order valence-electron chi connectivity index (χ1n) is 6.22. The molecule has 1 unspecified atom stereocenters. The molecule has 1 atom stereocenters. The molecule has 1 fully saturated rings. The van der Waals surface area contributed by atoms with Gasteiger partial charge in [0.25, 0.3) is 0 Å². The third kappa shape index (κ3) is 2.96. The van der Waals surface area contributed by atoms with E-state index in [9.17, 15) is 8.42 Å². The second-order valence-electron chi connectivity index (χ2n) is 5.19. The molecule has 0 bridgehead atoms. The summed E-state index contributed by atoms with van der Waals surface area (Å²) in [5.74, 6) is 1.42. The highest BCUT2D eigenvalue weighted by Gasteiger charge is 2.27. The van der Waals surface area contributed by atoms with Crippen LogP contribution in [0, 0.1) is 11.8 Å². The quantitative estimate of drug-likeness (QED) is 0.802. The van der Waals surface area contributed by atoms with Crippen LogP contribution in [0.2, 0.25) is 0 Å². The van der Waals surface area contributed by atoms with Gasteiger partial charge in [0.1, 0.15) is 0 Å². The fourth-order valence-electron chi connectivity index (χ4n) is 2.12. The molecular weight excluding hydrogens is 248 g/mol. The van der Waals surface area contributed by atoms with Crippen molar-refractivity contribution < 1.29 is 8.42 Å². The number of nitrogens with two attached hydrogens (primary N) is 1. The molecule has 3 N–H and O–H groups in total. The van der Waals surface area contributed by atoms with Crippen molar-refractivity contribution in [1.29, 1.82) is 0 Å². The minimum Gasteiger partial charge on any atom is -0.396 e. The van der Waals surface area contributed by atoms with Gasteiger partial charge < -0.3 is 11.1 Å². The lowest BCUT2D eigenvalue weighted by molar-refractivity contribution is 0.536. The van der Waals surface area contributed by atoms with E-state index < -0.39 is 9.84 Å². The Kier molecular flexibility index (Phi) is 3.52. The van der Waals surface area contributed by atoms with Crippen LogP contribution >= 0.6 is 0 Å². The van der Waals surface area contributed by atoms with Crippen molar-refractivity contribution >= 4 is 21.2 Å². The summed E-state index contributed by atoms with van der Waals surface area (Å²) in [7, 11) is -3.26. The molecule has 0 heterocycles. The summed E-state index contributed by atoms with van der Waals surface area (Å²) < 4.78 is 23.1. The minimum absolute atomic E-state index is 0.201. The molecule has 0 radical (unpaired) electrons. The fourth-order valence-corrected chi connectivity index (χ4v) is 2.96. The summed E-state index contributed by atoms with van der Waals surface area (Å²) >= 11 is 0. The molecule has 5 heteroatoms. The van der Waals surface area contributed by atoms with E-state index in [1.54, 1.807) is 12.1 Å². The maximum atomic E-state index is 11.6. The van der Waals surface area contributed by atoms with Gasteiger partial charge in [-0.1, -0.05) is 13.0 Å². The summed E-state index contributed by atoms with van der Waals surface area (Å²) in [5, 5.41) is 3.26. The Balaban J connectivity index is 2.13. The van der Waals surface area contributed by atoms with Gasteiger partial charge in [0.15, 0.2) is 9.84 Å². The standard InChI is InChI=1S/C13H20N2O2S/c1-9(10-6-7-10)8-15-11-4-3-5-12(13(11)14)18(2,16)17/h3-5,9-10,15H,6-8,14H2,1-2H3. The Hall–Kier alpha value is -1.23. The maximum Gasteiger partial charge on any atom is 0.177 e. The third-order valence-electron chi connectivity index (χ3n) is 3.51. The highest BCUT2D eigenvalue weighted by atomic mass is 32.2. The number of nitrogen functional groups attached to an aromatic ring is 1. The average Bonchev–Trinajstić information content (AvgIpc) is 3.09. The molecule has 1 aliphatic carbocycles. The van der Waals surface area contributed by atoms with Gasteiger partial charge in [-0.2, -0.15) is 0 Å². The van der Waals surface area contributed by atoms with Crippen LogP contribution in [-0.4, -0.2) is 21.2 Å². The molecule has 0 aromatic heterocycles. The molecule has 1 aromatic rings. The van der Waals surface area contributed by atoms with Crippen LogP contribution < -0.4 is 11.1 Å². The van der Waals surface area contributed by atoms with Crippen LogP contribution in [0.4, 0.5) is 11.4 Å². The van der Waals surface area contributed by atoms with E-state index in [4.69, 9.17) is 5.73 Å². The van der Waals surface area contributed by atoms with E-state index in [0.29, 0.717) is 17.3 Å². The molecule has 4 nitrogen and oxygen atoms in total. The second kappa shape index (κ2) is 4.80. The van der Waals surface area contributed by atoms with Crippen molar-refractivity contribution in [3.8, 4) is 0 Å². The van der Waals surface area contributed by atoms with Gasteiger partial charge in [-0.25, -0.2) is 8.42 Å². The number of anilines is 2. The molecule has 0 amide bonds. The average molecular weight is 268 g/mol. The summed E-state index contributed by atoms with van der Waals surface area (Å²) in [6.45, 7) is 3.04. The van der Waals surface area contributed by atoms with Gasteiger partial charge in [-0.05, 0) is 36.8 Å². The van der Waals surface area contributed by atoms with Gasteiger partial charge in [0, 0.05) is 12.8 Å². The number of nitrogens with one attached hydrogen (secondary N) is 1. The predicted molar refractivity (Wildman–Crippen MR) is 74.3 cm³/mol. The van der Waals surface area contributed by atoms with E-state index in [-0.39, 0.29) is 4.90 Å². The Morgan fingerprint density at radius 3 is 2.67 bits per heavy atom. The molecule has 1 saturated carbocycles. The Morgan fingerprint density at radius 2 is 2.11 bits per heavy atom. The zero-order chi connectivity index (χ0) is 13.3. The molecule has 1 aliphatic rings. The number of benzene rings is 1. The molecule has 1 aromatic carbocycles. The molecule has 18 heavy (non-hydrogen) atoms. The number of rotatable bonds is 5. The Bertz CT molecular complexity index is 536. The SMILES string of the molecule is CC(CNc1cccc(S(C)(=O)=O)c1N)C1CC1. The molecule has 100 valence electrons. The van der Waals surface area contributed by atoms with Crippen molar-refractivity contribution in [3.63, 3.8) is 0 Å². The number of para-hydroxylation sites is 1. The summed E-state index contributed by atoms with van der Waals surface area (Å²) in [6.07, 6.45) is 3.79. The maximum absolute atomic E-state index is 11.6. The van der Waals surface area contributed by atoms with Crippen LogP contribution in [-0.2, 0) is 9.84 Å².